The molecule has 3 aromatic carbocycles. The standard InChI is InChI=1S/C25H20F3NO2/c1-16-23(24(30)18-10-12-20(31-2)13-11-18)21-8-3-4-9-22(21)29(16)15-17-6-5-7-19(14-17)25(26,27)28/h3-14H,15H2,1-2H3. The summed E-state index contributed by atoms with van der Waals surface area (Å²) in [6.07, 6.45) is -4.40. The highest BCUT2D eigenvalue weighted by Gasteiger charge is 2.30. The van der Waals surface area contributed by atoms with Crippen LogP contribution in [-0.2, 0) is 12.7 Å². The lowest BCUT2D eigenvalue weighted by molar-refractivity contribution is -0.137. The van der Waals surface area contributed by atoms with Crippen LogP contribution in [0.4, 0.5) is 13.2 Å². The Morgan fingerprint density at radius 1 is 0.968 bits per heavy atom. The van der Waals surface area contributed by atoms with E-state index in [-0.39, 0.29) is 12.3 Å². The van der Waals surface area contributed by atoms with E-state index in [4.69, 9.17) is 4.74 Å². The Balaban J connectivity index is 1.79. The van der Waals surface area contributed by atoms with Gasteiger partial charge in [0.25, 0.3) is 0 Å². The fourth-order valence-electron chi connectivity index (χ4n) is 3.84. The SMILES string of the molecule is COc1ccc(C(=O)c2c(C)n(Cc3cccc(C(F)(F)F)c3)c3ccccc23)cc1. The minimum Gasteiger partial charge on any atom is -0.497 e. The molecule has 0 amide bonds. The van der Waals surface area contributed by atoms with Crippen molar-refractivity contribution in [1.29, 1.82) is 0 Å². The van der Waals surface area contributed by atoms with Crippen molar-refractivity contribution in [2.45, 2.75) is 19.6 Å². The molecule has 0 N–H and O–H groups in total. The zero-order valence-electron chi connectivity index (χ0n) is 17.0. The monoisotopic (exact) mass is 423 g/mol. The maximum absolute atomic E-state index is 13.3. The third-order valence-electron chi connectivity index (χ3n) is 5.41. The van der Waals surface area contributed by atoms with Gasteiger partial charge in [-0.05, 0) is 55.0 Å². The quantitative estimate of drug-likeness (QED) is 0.355. The van der Waals surface area contributed by atoms with Gasteiger partial charge in [-0.15, -0.1) is 0 Å². The summed E-state index contributed by atoms with van der Waals surface area (Å²) in [5.41, 5.74) is 2.41. The van der Waals surface area contributed by atoms with Crippen molar-refractivity contribution in [3.05, 3.63) is 101 Å². The van der Waals surface area contributed by atoms with Gasteiger partial charge in [0.2, 0.25) is 0 Å². The first-order chi connectivity index (χ1) is 14.8. The molecule has 0 aliphatic carbocycles. The summed E-state index contributed by atoms with van der Waals surface area (Å²) in [5, 5.41) is 0.771. The average molecular weight is 423 g/mol. The number of para-hydroxylation sites is 1. The second-order valence-corrected chi connectivity index (χ2v) is 7.32. The van der Waals surface area contributed by atoms with E-state index in [1.807, 2.05) is 35.8 Å². The van der Waals surface area contributed by atoms with E-state index in [0.717, 1.165) is 23.0 Å². The third-order valence-corrected chi connectivity index (χ3v) is 5.41. The summed E-state index contributed by atoms with van der Waals surface area (Å²) >= 11 is 0. The Hall–Kier alpha value is -3.54. The first kappa shape index (κ1) is 20.7. The Morgan fingerprint density at radius 3 is 2.35 bits per heavy atom. The van der Waals surface area contributed by atoms with Crippen molar-refractivity contribution in [2.75, 3.05) is 7.11 Å². The maximum atomic E-state index is 13.3. The summed E-state index contributed by atoms with van der Waals surface area (Å²) in [4.78, 5) is 13.3. The highest BCUT2D eigenvalue weighted by Crippen LogP contribution is 2.32. The zero-order chi connectivity index (χ0) is 22.2. The number of rotatable bonds is 5. The number of alkyl halides is 3. The van der Waals surface area contributed by atoms with Crippen molar-refractivity contribution in [1.82, 2.24) is 4.57 Å². The van der Waals surface area contributed by atoms with Crippen LogP contribution in [0.25, 0.3) is 10.9 Å². The number of methoxy groups -OCH3 is 1. The average Bonchev–Trinajstić information content (AvgIpc) is 3.04. The summed E-state index contributed by atoms with van der Waals surface area (Å²) < 4.78 is 46.4. The Kier molecular flexibility index (Phi) is 5.31. The molecule has 0 atom stereocenters. The van der Waals surface area contributed by atoms with Gasteiger partial charge < -0.3 is 9.30 Å². The van der Waals surface area contributed by atoms with Crippen LogP contribution in [0.5, 0.6) is 5.75 Å². The molecular weight excluding hydrogens is 403 g/mol. The van der Waals surface area contributed by atoms with Gasteiger partial charge in [-0.25, -0.2) is 0 Å². The number of halogens is 3. The van der Waals surface area contributed by atoms with Crippen molar-refractivity contribution < 1.29 is 22.7 Å². The molecule has 3 nitrogen and oxygen atoms in total. The van der Waals surface area contributed by atoms with Gasteiger partial charge in [-0.1, -0.05) is 30.3 Å². The number of fused-ring (bicyclic) bond motifs is 1. The van der Waals surface area contributed by atoms with E-state index in [2.05, 4.69) is 0 Å². The highest BCUT2D eigenvalue weighted by atomic mass is 19.4. The molecule has 0 bridgehead atoms. The van der Waals surface area contributed by atoms with E-state index >= 15 is 0 Å². The molecule has 1 aromatic heterocycles. The van der Waals surface area contributed by atoms with Crippen LogP contribution in [0, 0.1) is 6.92 Å². The normalized spacial score (nSPS) is 11.6. The van der Waals surface area contributed by atoms with Gasteiger partial charge in [0.05, 0.1) is 18.2 Å². The lowest BCUT2D eigenvalue weighted by atomic mass is 10.0. The third kappa shape index (κ3) is 3.93. The fourth-order valence-corrected chi connectivity index (χ4v) is 3.84. The Morgan fingerprint density at radius 2 is 1.68 bits per heavy atom. The predicted octanol–water partition coefficient (Wildman–Crippen LogP) is 6.26. The van der Waals surface area contributed by atoms with Crippen molar-refractivity contribution in [3.8, 4) is 5.75 Å². The van der Waals surface area contributed by atoms with Gasteiger partial charge in [-0.3, -0.25) is 4.79 Å². The largest absolute Gasteiger partial charge is 0.497 e. The Labute approximate surface area is 177 Å². The molecule has 0 saturated heterocycles. The number of hydrogen-bond donors (Lipinski definition) is 0. The molecular formula is C25H20F3NO2. The number of aromatic nitrogens is 1. The minimum atomic E-state index is -4.40. The smallest absolute Gasteiger partial charge is 0.416 e. The van der Waals surface area contributed by atoms with Gasteiger partial charge in [0.15, 0.2) is 5.78 Å². The van der Waals surface area contributed by atoms with Crippen LogP contribution < -0.4 is 4.74 Å². The summed E-state index contributed by atoms with van der Waals surface area (Å²) in [7, 11) is 1.56. The molecule has 158 valence electrons. The molecule has 4 aromatic rings. The molecule has 0 saturated carbocycles. The minimum absolute atomic E-state index is 0.140. The maximum Gasteiger partial charge on any atom is 0.416 e. The molecule has 0 spiro atoms. The first-order valence-corrected chi connectivity index (χ1v) is 9.72. The summed E-state index contributed by atoms with van der Waals surface area (Å²) in [5.74, 6) is 0.513. The number of hydrogen-bond acceptors (Lipinski definition) is 2. The summed E-state index contributed by atoms with van der Waals surface area (Å²) in [6.45, 7) is 2.05. The van der Waals surface area contributed by atoms with E-state index in [0.29, 0.717) is 28.1 Å². The molecule has 0 aliphatic heterocycles. The van der Waals surface area contributed by atoms with Crippen LogP contribution in [0.1, 0.15) is 32.7 Å². The van der Waals surface area contributed by atoms with Crippen molar-refractivity contribution in [3.63, 3.8) is 0 Å². The number of ketones is 1. The second kappa shape index (κ2) is 7.95. The van der Waals surface area contributed by atoms with Crippen LogP contribution in [0.3, 0.4) is 0 Å². The number of ether oxygens (including phenoxy) is 1. The van der Waals surface area contributed by atoms with E-state index in [9.17, 15) is 18.0 Å². The van der Waals surface area contributed by atoms with E-state index in [1.54, 1.807) is 37.4 Å². The van der Waals surface area contributed by atoms with E-state index < -0.39 is 11.7 Å². The van der Waals surface area contributed by atoms with Crippen LogP contribution in [0.2, 0.25) is 0 Å². The molecule has 0 aliphatic rings. The Bertz CT molecular complexity index is 1250. The topological polar surface area (TPSA) is 31.2 Å². The summed E-state index contributed by atoms with van der Waals surface area (Å²) in [6, 6.07) is 19.6. The zero-order valence-corrected chi connectivity index (χ0v) is 17.0. The second-order valence-electron chi connectivity index (χ2n) is 7.32. The predicted molar refractivity (Wildman–Crippen MR) is 114 cm³/mol. The highest BCUT2D eigenvalue weighted by molar-refractivity contribution is 6.17. The van der Waals surface area contributed by atoms with Gasteiger partial charge >= 0.3 is 6.18 Å². The van der Waals surface area contributed by atoms with E-state index in [1.165, 1.54) is 6.07 Å². The van der Waals surface area contributed by atoms with Crippen LogP contribution in [-0.4, -0.2) is 17.5 Å². The van der Waals surface area contributed by atoms with Gasteiger partial charge in [0.1, 0.15) is 5.75 Å². The number of benzene rings is 3. The molecule has 1 heterocycles. The fraction of sp³-hybridized carbons (Fsp3) is 0.160. The van der Waals surface area contributed by atoms with Crippen LogP contribution in [0.15, 0.2) is 72.8 Å². The molecule has 6 heteroatoms. The van der Waals surface area contributed by atoms with Crippen molar-refractivity contribution in [2.24, 2.45) is 0 Å². The molecule has 31 heavy (non-hydrogen) atoms. The first-order valence-electron chi connectivity index (χ1n) is 9.72. The molecule has 0 fully saturated rings. The number of carbonyl (C=O) groups excluding carboxylic acids is 1. The molecule has 0 unspecified atom stereocenters. The van der Waals surface area contributed by atoms with Crippen LogP contribution >= 0.6 is 0 Å². The van der Waals surface area contributed by atoms with Crippen molar-refractivity contribution >= 4 is 16.7 Å². The number of nitrogens with zero attached hydrogens (tertiary/aromatic N) is 1. The molecule has 4 rings (SSSR count). The lowest BCUT2D eigenvalue weighted by Crippen LogP contribution is -2.08. The van der Waals surface area contributed by atoms with Gasteiger partial charge in [0, 0.05) is 28.7 Å². The van der Waals surface area contributed by atoms with Gasteiger partial charge in [-0.2, -0.15) is 13.2 Å². The molecule has 0 radical (unpaired) electrons. The number of carbonyl (C=O) groups is 1. The lowest BCUT2D eigenvalue weighted by Gasteiger charge is -2.12.